The molecule has 0 fully saturated rings. The molecule has 1 aromatic rings. The Balaban J connectivity index is 2.23. The SMILES string of the molecule is CCNCC(=O)N1CC(=O)Nc2ccccc21. The fourth-order valence-corrected chi connectivity index (χ4v) is 1.78. The Kier molecular flexibility index (Phi) is 3.39. The molecule has 2 rings (SSSR count). The van der Waals surface area contributed by atoms with Crippen LogP contribution in [0, 0.1) is 0 Å². The zero-order valence-corrected chi connectivity index (χ0v) is 9.69. The van der Waals surface area contributed by atoms with Gasteiger partial charge in [-0.1, -0.05) is 19.1 Å². The standard InChI is InChI=1S/C12H15N3O2/c1-2-13-7-12(17)15-8-11(16)14-9-5-3-4-6-10(9)15/h3-6,13H,2,7-8H2,1H3,(H,14,16). The molecule has 5 heteroatoms. The lowest BCUT2D eigenvalue weighted by Gasteiger charge is -2.29. The number of carbonyl (C=O) groups excluding carboxylic acids is 2. The van der Waals surface area contributed by atoms with Crippen molar-refractivity contribution in [3.8, 4) is 0 Å². The number of carbonyl (C=O) groups is 2. The molecule has 0 radical (unpaired) electrons. The molecule has 0 atom stereocenters. The van der Waals surface area contributed by atoms with Gasteiger partial charge in [-0.2, -0.15) is 0 Å². The molecule has 90 valence electrons. The molecule has 17 heavy (non-hydrogen) atoms. The van der Waals surface area contributed by atoms with E-state index in [2.05, 4.69) is 10.6 Å². The predicted molar refractivity (Wildman–Crippen MR) is 66.0 cm³/mol. The van der Waals surface area contributed by atoms with Crippen molar-refractivity contribution in [2.45, 2.75) is 6.92 Å². The summed E-state index contributed by atoms with van der Waals surface area (Å²) in [4.78, 5) is 24.9. The van der Waals surface area contributed by atoms with E-state index in [9.17, 15) is 9.59 Å². The number of hydrogen-bond acceptors (Lipinski definition) is 3. The number of amides is 2. The highest BCUT2D eigenvalue weighted by Crippen LogP contribution is 2.28. The third-order valence-corrected chi connectivity index (χ3v) is 2.60. The van der Waals surface area contributed by atoms with Gasteiger partial charge in [0.25, 0.3) is 0 Å². The van der Waals surface area contributed by atoms with Crippen molar-refractivity contribution in [2.24, 2.45) is 0 Å². The first kappa shape index (κ1) is 11.6. The topological polar surface area (TPSA) is 61.4 Å². The second-order valence-electron chi connectivity index (χ2n) is 3.83. The van der Waals surface area contributed by atoms with Crippen LogP contribution in [0.25, 0.3) is 0 Å². The van der Waals surface area contributed by atoms with Crippen molar-refractivity contribution >= 4 is 23.2 Å². The molecular weight excluding hydrogens is 218 g/mol. The van der Waals surface area contributed by atoms with E-state index in [1.165, 1.54) is 4.90 Å². The van der Waals surface area contributed by atoms with E-state index < -0.39 is 0 Å². The summed E-state index contributed by atoms with van der Waals surface area (Å²) in [6.07, 6.45) is 0. The molecule has 0 saturated heterocycles. The van der Waals surface area contributed by atoms with Gasteiger partial charge in [0.05, 0.1) is 17.9 Å². The van der Waals surface area contributed by atoms with Crippen LogP contribution in [0.2, 0.25) is 0 Å². The van der Waals surface area contributed by atoms with Crippen molar-refractivity contribution < 1.29 is 9.59 Å². The van der Waals surface area contributed by atoms with Crippen LogP contribution in [0.5, 0.6) is 0 Å². The largest absolute Gasteiger partial charge is 0.323 e. The van der Waals surface area contributed by atoms with Gasteiger partial charge < -0.3 is 10.6 Å². The number of rotatable bonds is 3. The van der Waals surface area contributed by atoms with Crippen molar-refractivity contribution in [1.82, 2.24) is 5.32 Å². The first-order valence-corrected chi connectivity index (χ1v) is 5.62. The molecular formula is C12H15N3O2. The number of fused-ring (bicyclic) bond motifs is 1. The number of hydrogen-bond donors (Lipinski definition) is 2. The Morgan fingerprint density at radius 2 is 2.24 bits per heavy atom. The average molecular weight is 233 g/mol. The number of para-hydroxylation sites is 2. The molecule has 0 bridgehead atoms. The molecule has 5 nitrogen and oxygen atoms in total. The van der Waals surface area contributed by atoms with Crippen LogP contribution in [0.4, 0.5) is 11.4 Å². The van der Waals surface area contributed by atoms with Gasteiger partial charge in [0.2, 0.25) is 11.8 Å². The van der Waals surface area contributed by atoms with Gasteiger partial charge in [-0.05, 0) is 18.7 Å². The second-order valence-corrected chi connectivity index (χ2v) is 3.83. The minimum Gasteiger partial charge on any atom is -0.323 e. The van der Waals surface area contributed by atoms with Gasteiger partial charge in [0, 0.05) is 0 Å². The van der Waals surface area contributed by atoms with Crippen molar-refractivity contribution in [3.05, 3.63) is 24.3 Å². The first-order valence-electron chi connectivity index (χ1n) is 5.62. The molecule has 0 aromatic heterocycles. The molecule has 1 aliphatic rings. The summed E-state index contributed by atoms with van der Waals surface area (Å²) in [6.45, 7) is 3.00. The molecule has 2 amide bonds. The lowest BCUT2D eigenvalue weighted by atomic mass is 10.2. The van der Waals surface area contributed by atoms with E-state index in [1.807, 2.05) is 25.1 Å². The van der Waals surface area contributed by atoms with E-state index in [0.29, 0.717) is 5.69 Å². The molecule has 0 spiro atoms. The minimum atomic E-state index is -0.159. The fourth-order valence-electron chi connectivity index (χ4n) is 1.78. The Morgan fingerprint density at radius 1 is 1.47 bits per heavy atom. The number of anilines is 2. The Morgan fingerprint density at radius 3 is 3.00 bits per heavy atom. The molecule has 1 aromatic carbocycles. The van der Waals surface area contributed by atoms with Crippen LogP contribution >= 0.6 is 0 Å². The number of likely N-dealkylation sites (N-methyl/N-ethyl adjacent to an activating group) is 1. The Bertz CT molecular complexity index is 445. The maximum absolute atomic E-state index is 11.9. The number of benzene rings is 1. The normalized spacial score (nSPS) is 14.2. The van der Waals surface area contributed by atoms with Gasteiger partial charge in [-0.25, -0.2) is 0 Å². The molecule has 1 heterocycles. The van der Waals surface area contributed by atoms with Crippen molar-refractivity contribution in [1.29, 1.82) is 0 Å². The monoisotopic (exact) mass is 233 g/mol. The summed E-state index contributed by atoms with van der Waals surface area (Å²) in [5.74, 6) is -0.248. The smallest absolute Gasteiger partial charge is 0.244 e. The van der Waals surface area contributed by atoms with Crippen LogP contribution in [0.1, 0.15) is 6.92 Å². The lowest BCUT2D eigenvalue weighted by Crippen LogP contribution is -2.45. The highest BCUT2D eigenvalue weighted by molar-refractivity contribution is 6.10. The second kappa shape index (κ2) is 4.97. The quantitative estimate of drug-likeness (QED) is 0.803. The zero-order chi connectivity index (χ0) is 12.3. The van der Waals surface area contributed by atoms with Crippen molar-refractivity contribution in [3.63, 3.8) is 0 Å². The zero-order valence-electron chi connectivity index (χ0n) is 9.69. The Hall–Kier alpha value is -1.88. The third-order valence-electron chi connectivity index (χ3n) is 2.60. The predicted octanol–water partition coefficient (Wildman–Crippen LogP) is 0.581. The molecule has 0 saturated carbocycles. The first-order chi connectivity index (χ1) is 8.22. The summed E-state index contributed by atoms with van der Waals surface area (Å²) < 4.78 is 0. The van der Waals surface area contributed by atoms with Gasteiger partial charge in [0.15, 0.2) is 0 Å². The Labute approximate surface area is 99.8 Å². The number of nitrogens with zero attached hydrogens (tertiary/aromatic N) is 1. The number of nitrogens with one attached hydrogen (secondary N) is 2. The maximum atomic E-state index is 11.9. The van der Waals surface area contributed by atoms with Crippen LogP contribution in [0.3, 0.4) is 0 Å². The molecule has 2 N–H and O–H groups in total. The lowest BCUT2D eigenvalue weighted by molar-refractivity contribution is -0.121. The summed E-state index contributed by atoms with van der Waals surface area (Å²) in [5, 5.41) is 5.72. The van der Waals surface area contributed by atoms with Gasteiger partial charge in [-0.3, -0.25) is 14.5 Å². The van der Waals surface area contributed by atoms with E-state index >= 15 is 0 Å². The van der Waals surface area contributed by atoms with E-state index in [-0.39, 0.29) is 24.9 Å². The summed E-state index contributed by atoms with van der Waals surface area (Å²) in [7, 11) is 0. The molecule has 0 aliphatic carbocycles. The van der Waals surface area contributed by atoms with Crippen LogP contribution < -0.4 is 15.5 Å². The minimum absolute atomic E-state index is 0.0846. The van der Waals surface area contributed by atoms with Crippen LogP contribution in [-0.2, 0) is 9.59 Å². The summed E-state index contributed by atoms with van der Waals surface area (Å²) in [5.41, 5.74) is 1.45. The third kappa shape index (κ3) is 2.45. The molecule has 1 aliphatic heterocycles. The fraction of sp³-hybridized carbons (Fsp3) is 0.333. The maximum Gasteiger partial charge on any atom is 0.244 e. The summed E-state index contributed by atoms with van der Waals surface area (Å²) in [6, 6.07) is 7.31. The highest BCUT2D eigenvalue weighted by Gasteiger charge is 2.25. The van der Waals surface area contributed by atoms with Crippen LogP contribution in [-0.4, -0.2) is 31.4 Å². The average Bonchev–Trinajstić information content (AvgIpc) is 2.34. The van der Waals surface area contributed by atoms with Crippen molar-refractivity contribution in [2.75, 3.05) is 29.9 Å². The van der Waals surface area contributed by atoms with Gasteiger partial charge in [-0.15, -0.1) is 0 Å². The van der Waals surface area contributed by atoms with Gasteiger partial charge in [0.1, 0.15) is 6.54 Å². The molecule has 0 unspecified atom stereocenters. The van der Waals surface area contributed by atoms with E-state index in [4.69, 9.17) is 0 Å². The van der Waals surface area contributed by atoms with E-state index in [0.717, 1.165) is 12.2 Å². The van der Waals surface area contributed by atoms with Crippen LogP contribution in [0.15, 0.2) is 24.3 Å². The highest BCUT2D eigenvalue weighted by atomic mass is 16.2. The van der Waals surface area contributed by atoms with Gasteiger partial charge >= 0.3 is 0 Å². The summed E-state index contributed by atoms with van der Waals surface area (Å²) >= 11 is 0. The van der Waals surface area contributed by atoms with E-state index in [1.54, 1.807) is 6.07 Å².